The fraction of sp³-hybridized carbons (Fsp3) is 0.154. The molecule has 0 aliphatic rings. The molecule has 0 amide bonds. The van der Waals surface area contributed by atoms with Crippen LogP contribution in [0.25, 0.3) is 0 Å². The summed E-state index contributed by atoms with van der Waals surface area (Å²) in [4.78, 5) is 3.26. The standard InChI is InChI=1S/C13H12ClFN2O3S/c14-11-4-10(8-18)13(15)12(5-11)21(19,20)17-7-9-2-1-3-16-6-9/h1-6,17-18H,7-8H2. The van der Waals surface area contributed by atoms with E-state index in [0.717, 1.165) is 6.07 Å². The molecule has 1 heterocycles. The summed E-state index contributed by atoms with van der Waals surface area (Å²) in [5.41, 5.74) is 0.454. The Kier molecular flexibility index (Phi) is 4.89. The molecule has 0 saturated heterocycles. The minimum atomic E-state index is -4.09. The Hall–Kier alpha value is -1.54. The molecule has 2 rings (SSSR count). The van der Waals surface area contributed by atoms with Crippen molar-refractivity contribution in [1.29, 1.82) is 0 Å². The molecule has 5 nitrogen and oxygen atoms in total. The van der Waals surface area contributed by atoms with E-state index in [9.17, 15) is 12.8 Å². The Balaban J connectivity index is 2.30. The van der Waals surface area contributed by atoms with E-state index in [1.165, 1.54) is 12.3 Å². The van der Waals surface area contributed by atoms with Crippen molar-refractivity contribution in [2.45, 2.75) is 18.0 Å². The summed E-state index contributed by atoms with van der Waals surface area (Å²) in [5.74, 6) is -1.01. The van der Waals surface area contributed by atoms with E-state index in [1.54, 1.807) is 18.3 Å². The molecular formula is C13H12ClFN2O3S. The first-order chi connectivity index (χ1) is 9.94. The van der Waals surface area contributed by atoms with E-state index >= 15 is 0 Å². The minimum absolute atomic E-state index is 0.0298. The van der Waals surface area contributed by atoms with Gasteiger partial charge in [0.15, 0.2) is 0 Å². The number of hydrogen-bond donors (Lipinski definition) is 2. The number of nitrogens with one attached hydrogen (secondary N) is 1. The molecule has 0 radical (unpaired) electrons. The van der Waals surface area contributed by atoms with Crippen LogP contribution in [0.3, 0.4) is 0 Å². The van der Waals surface area contributed by atoms with Crippen LogP contribution in [0.4, 0.5) is 4.39 Å². The molecule has 0 fully saturated rings. The van der Waals surface area contributed by atoms with Gasteiger partial charge in [0, 0.05) is 29.5 Å². The summed E-state index contributed by atoms with van der Waals surface area (Å²) in [7, 11) is -4.09. The Morgan fingerprint density at radius 1 is 1.38 bits per heavy atom. The van der Waals surface area contributed by atoms with E-state index in [-0.39, 0.29) is 17.1 Å². The zero-order chi connectivity index (χ0) is 15.5. The van der Waals surface area contributed by atoms with Gasteiger partial charge in [-0.2, -0.15) is 0 Å². The van der Waals surface area contributed by atoms with Gasteiger partial charge >= 0.3 is 0 Å². The molecule has 0 unspecified atom stereocenters. The molecule has 21 heavy (non-hydrogen) atoms. The second kappa shape index (κ2) is 6.48. The number of aliphatic hydroxyl groups is 1. The van der Waals surface area contributed by atoms with Crippen LogP contribution in [0.2, 0.25) is 5.02 Å². The number of sulfonamides is 1. The average molecular weight is 331 g/mol. The van der Waals surface area contributed by atoms with Gasteiger partial charge in [-0.3, -0.25) is 4.98 Å². The van der Waals surface area contributed by atoms with Crippen LogP contribution in [0.15, 0.2) is 41.6 Å². The van der Waals surface area contributed by atoms with Crippen molar-refractivity contribution in [3.63, 3.8) is 0 Å². The monoisotopic (exact) mass is 330 g/mol. The maximum Gasteiger partial charge on any atom is 0.243 e. The maximum absolute atomic E-state index is 14.0. The van der Waals surface area contributed by atoms with E-state index in [2.05, 4.69) is 9.71 Å². The zero-order valence-electron chi connectivity index (χ0n) is 10.8. The fourth-order valence-electron chi connectivity index (χ4n) is 1.69. The number of benzene rings is 1. The Bertz CT molecular complexity index is 739. The first-order valence-electron chi connectivity index (χ1n) is 5.91. The van der Waals surface area contributed by atoms with E-state index in [0.29, 0.717) is 5.56 Å². The van der Waals surface area contributed by atoms with Crippen molar-refractivity contribution in [3.05, 3.63) is 58.6 Å². The SMILES string of the molecule is O=S(=O)(NCc1cccnc1)c1cc(Cl)cc(CO)c1F. The lowest BCUT2D eigenvalue weighted by atomic mass is 10.2. The molecule has 1 aromatic carbocycles. The van der Waals surface area contributed by atoms with Crippen LogP contribution in [-0.4, -0.2) is 18.5 Å². The van der Waals surface area contributed by atoms with Crippen LogP contribution in [0, 0.1) is 5.82 Å². The highest BCUT2D eigenvalue weighted by molar-refractivity contribution is 7.89. The summed E-state index contributed by atoms with van der Waals surface area (Å²) < 4.78 is 40.6. The lowest BCUT2D eigenvalue weighted by molar-refractivity contribution is 0.274. The topological polar surface area (TPSA) is 79.3 Å². The van der Waals surface area contributed by atoms with Crippen LogP contribution in [0.1, 0.15) is 11.1 Å². The summed E-state index contributed by atoms with van der Waals surface area (Å²) in [6.45, 7) is -0.673. The molecule has 1 aromatic heterocycles. The Labute approximate surface area is 126 Å². The van der Waals surface area contributed by atoms with Crippen molar-refractivity contribution in [2.75, 3.05) is 0 Å². The Morgan fingerprint density at radius 2 is 2.14 bits per heavy atom. The average Bonchev–Trinajstić information content (AvgIpc) is 2.48. The van der Waals surface area contributed by atoms with Gasteiger partial charge in [-0.15, -0.1) is 0 Å². The van der Waals surface area contributed by atoms with Crippen molar-refractivity contribution in [2.24, 2.45) is 0 Å². The molecule has 0 atom stereocenters. The Morgan fingerprint density at radius 3 is 2.76 bits per heavy atom. The third-order valence-electron chi connectivity index (χ3n) is 2.73. The molecule has 2 aromatic rings. The molecule has 0 aliphatic carbocycles. The number of nitrogens with zero attached hydrogens (tertiary/aromatic N) is 1. The highest BCUT2D eigenvalue weighted by atomic mass is 35.5. The van der Waals surface area contributed by atoms with E-state index < -0.39 is 27.3 Å². The van der Waals surface area contributed by atoms with Crippen LogP contribution < -0.4 is 4.72 Å². The first kappa shape index (κ1) is 15.8. The lowest BCUT2D eigenvalue weighted by Crippen LogP contribution is -2.24. The molecule has 0 spiro atoms. The molecular weight excluding hydrogens is 319 g/mol. The molecule has 0 aliphatic heterocycles. The van der Waals surface area contributed by atoms with Gasteiger partial charge < -0.3 is 5.11 Å². The lowest BCUT2D eigenvalue weighted by Gasteiger charge is -2.10. The number of halogens is 2. The van der Waals surface area contributed by atoms with Crippen molar-refractivity contribution >= 4 is 21.6 Å². The largest absolute Gasteiger partial charge is 0.392 e. The van der Waals surface area contributed by atoms with Gasteiger partial charge in [0.25, 0.3) is 0 Å². The van der Waals surface area contributed by atoms with E-state index in [4.69, 9.17) is 16.7 Å². The van der Waals surface area contributed by atoms with Crippen LogP contribution in [0.5, 0.6) is 0 Å². The van der Waals surface area contributed by atoms with Crippen molar-refractivity contribution in [3.8, 4) is 0 Å². The summed E-state index contributed by atoms with van der Waals surface area (Å²) >= 11 is 5.74. The number of pyridine rings is 1. The second-order valence-corrected chi connectivity index (χ2v) is 6.39. The van der Waals surface area contributed by atoms with Crippen LogP contribution in [-0.2, 0) is 23.2 Å². The van der Waals surface area contributed by atoms with Gasteiger partial charge in [0.05, 0.1) is 6.61 Å². The predicted molar refractivity (Wildman–Crippen MR) is 75.6 cm³/mol. The number of rotatable bonds is 5. The first-order valence-corrected chi connectivity index (χ1v) is 7.77. The molecule has 0 saturated carbocycles. The van der Waals surface area contributed by atoms with E-state index in [1.807, 2.05) is 0 Å². The maximum atomic E-state index is 14.0. The molecule has 8 heteroatoms. The third kappa shape index (κ3) is 3.76. The van der Waals surface area contributed by atoms with Gasteiger partial charge in [-0.1, -0.05) is 17.7 Å². The molecule has 2 N–H and O–H groups in total. The molecule has 0 bridgehead atoms. The highest BCUT2D eigenvalue weighted by Gasteiger charge is 2.22. The van der Waals surface area contributed by atoms with Gasteiger partial charge in [-0.25, -0.2) is 17.5 Å². The van der Waals surface area contributed by atoms with Gasteiger partial charge in [0.2, 0.25) is 10.0 Å². The number of hydrogen-bond acceptors (Lipinski definition) is 4. The van der Waals surface area contributed by atoms with Crippen molar-refractivity contribution < 1.29 is 17.9 Å². The highest BCUT2D eigenvalue weighted by Crippen LogP contribution is 2.23. The quantitative estimate of drug-likeness (QED) is 0.876. The summed E-state index contributed by atoms with van der Waals surface area (Å²) in [5, 5.41) is 9.05. The second-order valence-electron chi connectivity index (χ2n) is 4.22. The van der Waals surface area contributed by atoms with Gasteiger partial charge in [-0.05, 0) is 23.8 Å². The van der Waals surface area contributed by atoms with Crippen molar-refractivity contribution in [1.82, 2.24) is 9.71 Å². The normalized spacial score (nSPS) is 11.6. The summed E-state index contributed by atoms with van der Waals surface area (Å²) in [6, 6.07) is 5.52. The third-order valence-corrected chi connectivity index (χ3v) is 4.35. The predicted octanol–water partition coefficient (Wildman–Crippen LogP) is 1.84. The van der Waals surface area contributed by atoms with Gasteiger partial charge in [0.1, 0.15) is 10.7 Å². The minimum Gasteiger partial charge on any atom is -0.392 e. The zero-order valence-corrected chi connectivity index (χ0v) is 12.3. The summed E-state index contributed by atoms with van der Waals surface area (Å²) in [6.07, 6.45) is 3.05. The number of aliphatic hydroxyl groups excluding tert-OH is 1. The fourth-order valence-corrected chi connectivity index (χ4v) is 3.15. The van der Waals surface area contributed by atoms with Crippen LogP contribution >= 0.6 is 11.6 Å². The molecule has 112 valence electrons. The smallest absolute Gasteiger partial charge is 0.243 e. The number of aromatic nitrogens is 1.